The number of unbranched alkanes of at least 4 members (excludes halogenated alkanes) is 22. The first-order chi connectivity index (χ1) is 54.2. The highest BCUT2D eigenvalue weighted by Gasteiger charge is 2.46. The number of carbonyl (C=O) groups is 7. The summed E-state index contributed by atoms with van der Waals surface area (Å²) in [7, 11) is 0. The summed E-state index contributed by atoms with van der Waals surface area (Å²) in [4.78, 5) is 89.6. The summed E-state index contributed by atoms with van der Waals surface area (Å²) in [6.45, 7) is 10.5. The molecule has 1 heterocycles. The van der Waals surface area contributed by atoms with E-state index in [0.29, 0.717) is 184 Å². The Labute approximate surface area is 656 Å². The molecule has 0 unspecified atom stereocenters. The average Bonchev–Trinajstić information content (AvgIpc) is 0.901. The van der Waals surface area contributed by atoms with Crippen molar-refractivity contribution in [3.05, 3.63) is 108 Å². The molecule has 0 aliphatic carbocycles. The SMILES string of the molecule is O=C(CCOCCOCCOCCOCCOCCOCCOCCOCCOCCOCCOCCOCCNC(=O)C(CCCCCCCCCCCCCCC(=O)OCc1ccccc1)(CCCCCCCCCCCCCCC(=O)OCc1ccccc1)C(=O)OCc1ccccc1)CN1C(=O)CCC1=O. The number of amides is 3. The molecule has 3 amide bonds. The van der Waals surface area contributed by atoms with E-state index in [2.05, 4.69) is 5.32 Å². The van der Waals surface area contributed by atoms with Crippen molar-refractivity contribution in [3.63, 3.8) is 0 Å². The number of Topliss-reactive ketones (excluding diaryl/α,β-unsaturated/α-hetero) is 1. The summed E-state index contributed by atoms with van der Waals surface area (Å²) >= 11 is 0. The molecule has 1 saturated heterocycles. The number of benzene rings is 3. The maximum Gasteiger partial charge on any atom is 0.321 e. The van der Waals surface area contributed by atoms with Gasteiger partial charge in [0.1, 0.15) is 25.2 Å². The lowest BCUT2D eigenvalue weighted by Gasteiger charge is -2.31. The van der Waals surface area contributed by atoms with Crippen LogP contribution in [0.25, 0.3) is 0 Å². The van der Waals surface area contributed by atoms with Gasteiger partial charge in [0.25, 0.3) is 0 Å². The number of rotatable bonds is 79. The summed E-state index contributed by atoms with van der Waals surface area (Å²) in [6, 6.07) is 29.2. The molecule has 0 radical (unpaired) electrons. The summed E-state index contributed by atoms with van der Waals surface area (Å²) in [6.07, 6.45) is 27.8. The molecule has 622 valence electrons. The number of likely N-dealkylation sites (tertiary alicyclic amines) is 1. The molecule has 1 aliphatic rings. The Kier molecular flexibility index (Phi) is 60.9. The maximum absolute atomic E-state index is 14.6. The number of nitrogens with one attached hydrogen (secondary N) is 1. The number of imide groups is 1. The first-order valence-corrected chi connectivity index (χ1v) is 41.3. The summed E-state index contributed by atoms with van der Waals surface area (Å²) in [5, 5.41) is 3.09. The number of ether oxygens (including phenoxy) is 15. The predicted octanol–water partition coefficient (Wildman–Crippen LogP) is 13.5. The van der Waals surface area contributed by atoms with Crippen LogP contribution in [0.4, 0.5) is 0 Å². The third-order valence-corrected chi connectivity index (χ3v) is 18.6. The van der Waals surface area contributed by atoms with Crippen molar-refractivity contribution in [1.82, 2.24) is 10.2 Å². The van der Waals surface area contributed by atoms with Gasteiger partial charge in [0.15, 0.2) is 5.78 Å². The Morgan fingerprint density at radius 1 is 0.300 bits per heavy atom. The van der Waals surface area contributed by atoms with Crippen LogP contribution in [0.5, 0.6) is 0 Å². The van der Waals surface area contributed by atoms with E-state index in [0.717, 1.165) is 124 Å². The number of hydrogen-bond acceptors (Lipinski definition) is 22. The topological polar surface area (TPSA) is 273 Å². The highest BCUT2D eigenvalue weighted by Crippen LogP contribution is 2.35. The van der Waals surface area contributed by atoms with Crippen LogP contribution >= 0.6 is 0 Å². The molecule has 0 aromatic heterocycles. The van der Waals surface area contributed by atoms with E-state index in [1.807, 2.05) is 91.0 Å². The minimum Gasteiger partial charge on any atom is -0.461 e. The van der Waals surface area contributed by atoms with Gasteiger partial charge >= 0.3 is 17.9 Å². The van der Waals surface area contributed by atoms with Crippen LogP contribution in [0.1, 0.15) is 216 Å². The van der Waals surface area contributed by atoms with E-state index in [1.165, 1.54) is 51.4 Å². The predicted molar refractivity (Wildman–Crippen MR) is 419 cm³/mol. The summed E-state index contributed by atoms with van der Waals surface area (Å²) in [5.74, 6) is -1.80. The minimum atomic E-state index is -1.31. The van der Waals surface area contributed by atoms with Crippen LogP contribution in [0, 0.1) is 5.41 Å². The molecule has 1 N–H and O–H groups in total. The van der Waals surface area contributed by atoms with Crippen molar-refractivity contribution in [3.8, 4) is 0 Å². The Morgan fingerprint density at radius 3 is 0.855 bits per heavy atom. The van der Waals surface area contributed by atoms with E-state index >= 15 is 0 Å². The molecule has 3 aromatic carbocycles. The fraction of sp³-hybridized carbons (Fsp3) is 0.709. The zero-order valence-corrected chi connectivity index (χ0v) is 66.5. The van der Waals surface area contributed by atoms with Crippen molar-refractivity contribution >= 4 is 41.4 Å². The van der Waals surface area contributed by atoms with Gasteiger partial charge in [0.05, 0.1) is 165 Å². The maximum atomic E-state index is 14.6. The second kappa shape index (κ2) is 69.6. The van der Waals surface area contributed by atoms with Crippen molar-refractivity contribution in [2.75, 3.05) is 172 Å². The largest absolute Gasteiger partial charge is 0.461 e. The Balaban J connectivity index is 0.982. The van der Waals surface area contributed by atoms with Gasteiger partial charge in [-0.05, 0) is 42.4 Å². The first kappa shape index (κ1) is 96.2. The third kappa shape index (κ3) is 53.0. The van der Waals surface area contributed by atoms with E-state index < -0.39 is 11.4 Å². The van der Waals surface area contributed by atoms with Crippen molar-refractivity contribution in [2.45, 2.75) is 219 Å². The molecule has 0 bridgehead atoms. The van der Waals surface area contributed by atoms with Crippen molar-refractivity contribution < 1.29 is 105 Å². The van der Waals surface area contributed by atoms with Crippen LogP contribution < -0.4 is 5.32 Å². The Morgan fingerprint density at radius 2 is 0.555 bits per heavy atom. The smallest absolute Gasteiger partial charge is 0.321 e. The Bertz CT molecular complexity index is 2630. The van der Waals surface area contributed by atoms with E-state index in [4.69, 9.17) is 71.1 Å². The molecule has 0 atom stereocenters. The second-order valence-electron chi connectivity index (χ2n) is 27.7. The molecule has 24 heteroatoms. The zero-order valence-electron chi connectivity index (χ0n) is 66.5. The van der Waals surface area contributed by atoms with Crippen LogP contribution in [-0.2, 0) is 124 Å². The molecule has 4 rings (SSSR count). The van der Waals surface area contributed by atoms with Gasteiger partial charge in [-0.25, -0.2) is 0 Å². The van der Waals surface area contributed by atoms with E-state index in [1.54, 1.807) is 0 Å². The molecule has 0 saturated carbocycles. The number of carbonyl (C=O) groups excluding carboxylic acids is 7. The standard InChI is InChI=1S/C86H136N2O22/c89-79(72-88-80(90)42-43-81(88)91)44-48-96-50-52-98-54-56-100-58-60-102-62-64-104-66-68-106-70-71-107-69-67-105-65-63-103-61-59-101-57-55-99-53-51-97-49-47-87-84(94)86(85(95)110-75-78-38-28-23-29-39-78,45-32-19-15-11-7-3-1-5-9-13-17-30-40-82(92)108-73-76-34-24-21-25-35-76)46-33-20-16-12-8-4-2-6-10-14-18-31-41-83(93)109-74-77-36-26-22-27-37-77/h21-29,34-39H,1-20,30-33,40-75H2,(H,87,94). The van der Waals surface area contributed by atoms with Gasteiger partial charge in [-0.3, -0.25) is 38.5 Å². The van der Waals surface area contributed by atoms with E-state index in [9.17, 15) is 33.6 Å². The summed E-state index contributed by atoms with van der Waals surface area (Å²) < 4.78 is 83.9. The fourth-order valence-corrected chi connectivity index (χ4v) is 12.2. The monoisotopic (exact) mass is 1550 g/mol. The number of ketones is 1. The van der Waals surface area contributed by atoms with Crippen LogP contribution in [-0.4, -0.2) is 218 Å². The van der Waals surface area contributed by atoms with Crippen LogP contribution in [0.2, 0.25) is 0 Å². The lowest BCUT2D eigenvalue weighted by atomic mass is 9.76. The first-order valence-electron chi connectivity index (χ1n) is 41.3. The highest BCUT2D eigenvalue weighted by atomic mass is 16.6. The highest BCUT2D eigenvalue weighted by molar-refractivity contribution is 6.05. The normalized spacial score (nSPS) is 12.3. The van der Waals surface area contributed by atoms with Gasteiger partial charge in [-0.2, -0.15) is 0 Å². The third-order valence-electron chi connectivity index (χ3n) is 18.6. The molecule has 0 spiro atoms. The fourth-order valence-electron chi connectivity index (χ4n) is 12.2. The van der Waals surface area contributed by atoms with Gasteiger partial charge in [-0.1, -0.05) is 232 Å². The number of esters is 3. The van der Waals surface area contributed by atoms with E-state index in [-0.39, 0.29) is 87.6 Å². The lowest BCUT2D eigenvalue weighted by Crippen LogP contribution is -2.48. The number of nitrogens with zero attached hydrogens (tertiary/aromatic N) is 1. The van der Waals surface area contributed by atoms with Crippen LogP contribution in [0.3, 0.4) is 0 Å². The van der Waals surface area contributed by atoms with Gasteiger partial charge in [0, 0.05) is 38.6 Å². The second-order valence-corrected chi connectivity index (χ2v) is 27.7. The quantitative estimate of drug-likeness (QED) is 0.0181. The molecule has 3 aromatic rings. The van der Waals surface area contributed by atoms with Gasteiger partial charge < -0.3 is 76.4 Å². The number of hydrogen-bond donors (Lipinski definition) is 1. The lowest BCUT2D eigenvalue weighted by molar-refractivity contribution is -0.164. The molecular weight excluding hydrogens is 1410 g/mol. The van der Waals surface area contributed by atoms with Crippen molar-refractivity contribution in [2.24, 2.45) is 5.41 Å². The average molecular weight is 1550 g/mol. The molecule has 24 nitrogen and oxygen atoms in total. The van der Waals surface area contributed by atoms with Gasteiger partial charge in [0.2, 0.25) is 17.7 Å². The molecule has 1 aliphatic heterocycles. The van der Waals surface area contributed by atoms with Crippen LogP contribution in [0.15, 0.2) is 91.0 Å². The summed E-state index contributed by atoms with van der Waals surface area (Å²) in [5.41, 5.74) is 1.57. The molecule has 1 fully saturated rings. The zero-order chi connectivity index (χ0) is 78.2. The molecule has 110 heavy (non-hydrogen) atoms. The van der Waals surface area contributed by atoms with Crippen molar-refractivity contribution in [1.29, 1.82) is 0 Å². The molecular formula is C86H136N2O22. The van der Waals surface area contributed by atoms with Gasteiger partial charge in [-0.15, -0.1) is 0 Å². The Hall–Kier alpha value is -6.13. The minimum absolute atomic E-state index is 0.103.